The summed E-state index contributed by atoms with van der Waals surface area (Å²) >= 11 is 0. The van der Waals surface area contributed by atoms with E-state index in [-0.39, 0.29) is 47.8 Å². The molecule has 0 spiro atoms. The van der Waals surface area contributed by atoms with Gasteiger partial charge in [0, 0.05) is 0 Å². The van der Waals surface area contributed by atoms with Gasteiger partial charge in [0.1, 0.15) is 10.1 Å². The van der Waals surface area contributed by atoms with Gasteiger partial charge in [0.05, 0.1) is 0 Å². The van der Waals surface area contributed by atoms with Crippen LogP contribution in [0.1, 0.15) is 39.5 Å². The van der Waals surface area contributed by atoms with Crippen molar-refractivity contribution in [2.24, 2.45) is 5.41 Å². The summed E-state index contributed by atoms with van der Waals surface area (Å²) in [6.45, 7) is 3.73. The summed E-state index contributed by atoms with van der Waals surface area (Å²) in [5, 5.41) is 9.64. The SMILES string of the molecule is CC1(C)CCCC(O)(S(=O)(=O)[O-])C1.[Na+]. The number of hydrogen-bond donors (Lipinski definition) is 1. The van der Waals surface area contributed by atoms with Crippen LogP contribution in [-0.4, -0.2) is 23.0 Å². The molecule has 0 aromatic rings. The molecule has 0 amide bonds. The summed E-state index contributed by atoms with van der Waals surface area (Å²) in [6, 6.07) is 0. The normalized spacial score (nSPS) is 32.0. The van der Waals surface area contributed by atoms with E-state index < -0.39 is 15.1 Å². The first kappa shape index (κ1) is 14.9. The van der Waals surface area contributed by atoms with Crippen molar-refractivity contribution in [1.82, 2.24) is 0 Å². The van der Waals surface area contributed by atoms with Crippen LogP contribution in [0.2, 0.25) is 0 Å². The van der Waals surface area contributed by atoms with Crippen LogP contribution in [0, 0.1) is 5.41 Å². The van der Waals surface area contributed by atoms with E-state index in [9.17, 15) is 18.1 Å². The number of hydrogen-bond acceptors (Lipinski definition) is 4. The van der Waals surface area contributed by atoms with Gasteiger partial charge in [-0.05, 0) is 31.1 Å². The van der Waals surface area contributed by atoms with E-state index in [2.05, 4.69) is 0 Å². The number of rotatable bonds is 1. The fraction of sp³-hybridized carbons (Fsp3) is 1.00. The Kier molecular flexibility index (Phi) is 4.67. The second-order valence-corrected chi connectivity index (χ2v) is 6.26. The van der Waals surface area contributed by atoms with Crippen LogP contribution in [-0.2, 0) is 10.1 Å². The molecule has 1 saturated carbocycles. The van der Waals surface area contributed by atoms with Gasteiger partial charge >= 0.3 is 29.6 Å². The second-order valence-electron chi connectivity index (χ2n) is 4.59. The third-order valence-corrected chi connectivity index (χ3v) is 3.92. The van der Waals surface area contributed by atoms with Gasteiger partial charge in [0.15, 0.2) is 4.93 Å². The Hall–Kier alpha value is 0.870. The van der Waals surface area contributed by atoms with Crippen molar-refractivity contribution in [3.05, 3.63) is 0 Å². The fourth-order valence-electron chi connectivity index (χ4n) is 1.98. The van der Waals surface area contributed by atoms with Crippen molar-refractivity contribution in [2.75, 3.05) is 0 Å². The van der Waals surface area contributed by atoms with Gasteiger partial charge in [-0.1, -0.05) is 13.8 Å². The van der Waals surface area contributed by atoms with E-state index in [0.29, 0.717) is 6.42 Å². The molecule has 0 aromatic carbocycles. The van der Waals surface area contributed by atoms with Gasteiger partial charge in [-0.15, -0.1) is 0 Å². The summed E-state index contributed by atoms with van der Waals surface area (Å²) in [4.78, 5) is -2.03. The van der Waals surface area contributed by atoms with Crippen LogP contribution in [0.15, 0.2) is 0 Å². The quantitative estimate of drug-likeness (QED) is 0.410. The van der Waals surface area contributed by atoms with Crippen molar-refractivity contribution in [2.45, 2.75) is 44.5 Å². The van der Waals surface area contributed by atoms with Gasteiger partial charge in [-0.3, -0.25) is 0 Å². The third-order valence-electron chi connectivity index (χ3n) is 2.64. The maximum atomic E-state index is 10.8. The van der Waals surface area contributed by atoms with Gasteiger partial charge in [-0.25, -0.2) is 8.42 Å². The molecule has 0 saturated heterocycles. The van der Waals surface area contributed by atoms with Gasteiger partial charge in [0.2, 0.25) is 0 Å². The average molecular weight is 230 g/mol. The van der Waals surface area contributed by atoms with Crippen molar-refractivity contribution < 1.29 is 47.6 Å². The predicted molar refractivity (Wildman–Crippen MR) is 46.9 cm³/mol. The molecule has 0 aliphatic heterocycles. The Bertz CT molecular complexity index is 298. The van der Waals surface area contributed by atoms with E-state index >= 15 is 0 Å². The van der Waals surface area contributed by atoms with Crippen LogP contribution in [0.3, 0.4) is 0 Å². The molecule has 0 aromatic heterocycles. The van der Waals surface area contributed by atoms with Crippen molar-refractivity contribution >= 4 is 10.1 Å². The van der Waals surface area contributed by atoms with E-state index in [1.165, 1.54) is 0 Å². The van der Waals surface area contributed by atoms with Crippen molar-refractivity contribution in [3.63, 3.8) is 0 Å². The Morgan fingerprint density at radius 2 is 1.79 bits per heavy atom. The minimum atomic E-state index is -4.59. The van der Waals surface area contributed by atoms with E-state index in [1.807, 2.05) is 13.8 Å². The maximum absolute atomic E-state index is 10.8. The minimum Gasteiger partial charge on any atom is -0.746 e. The molecule has 1 N–H and O–H groups in total. The zero-order valence-corrected chi connectivity index (χ0v) is 11.7. The van der Waals surface area contributed by atoms with Gasteiger partial charge < -0.3 is 9.66 Å². The molecule has 1 atom stereocenters. The summed E-state index contributed by atoms with van der Waals surface area (Å²) in [7, 11) is -4.59. The predicted octanol–water partition coefficient (Wildman–Crippen LogP) is -2.18. The smallest absolute Gasteiger partial charge is 0.746 e. The largest absolute Gasteiger partial charge is 1.00 e. The molecule has 0 radical (unpaired) electrons. The molecule has 1 unspecified atom stereocenters. The molecule has 14 heavy (non-hydrogen) atoms. The molecule has 78 valence electrons. The Labute approximate surface area is 107 Å². The molecule has 1 fully saturated rings. The van der Waals surface area contributed by atoms with Crippen molar-refractivity contribution in [1.29, 1.82) is 0 Å². The zero-order valence-electron chi connectivity index (χ0n) is 8.91. The molecule has 0 heterocycles. The molecule has 4 nitrogen and oxygen atoms in total. The van der Waals surface area contributed by atoms with Crippen molar-refractivity contribution in [3.8, 4) is 0 Å². The Balaban J connectivity index is 0.00000169. The molecule has 1 aliphatic rings. The van der Waals surface area contributed by atoms with Crippen LogP contribution in [0.5, 0.6) is 0 Å². The first-order valence-corrected chi connectivity index (χ1v) is 5.75. The monoisotopic (exact) mass is 230 g/mol. The van der Waals surface area contributed by atoms with Gasteiger partial charge in [0.25, 0.3) is 0 Å². The zero-order chi connectivity index (χ0) is 10.3. The minimum absolute atomic E-state index is 0. The summed E-state index contributed by atoms with van der Waals surface area (Å²) in [5.41, 5.74) is -0.259. The van der Waals surface area contributed by atoms with E-state index in [4.69, 9.17) is 0 Å². The second kappa shape index (κ2) is 4.39. The summed E-state index contributed by atoms with van der Waals surface area (Å²) < 4.78 is 32.4. The Morgan fingerprint density at radius 1 is 1.29 bits per heavy atom. The first-order valence-electron chi connectivity index (χ1n) is 4.34. The summed E-state index contributed by atoms with van der Waals surface area (Å²) in [5.74, 6) is 0. The van der Waals surface area contributed by atoms with Crippen LogP contribution in [0.4, 0.5) is 0 Å². The van der Waals surface area contributed by atoms with E-state index in [1.54, 1.807) is 0 Å². The summed E-state index contributed by atoms with van der Waals surface area (Å²) in [6.07, 6.45) is 1.56. The topological polar surface area (TPSA) is 77.4 Å². The fourth-order valence-corrected chi connectivity index (χ4v) is 2.94. The molecule has 1 aliphatic carbocycles. The molecule has 1 rings (SSSR count). The molecule has 6 heteroatoms. The van der Waals surface area contributed by atoms with Crippen LogP contribution in [0.25, 0.3) is 0 Å². The molecular formula is C8H15NaO4S. The van der Waals surface area contributed by atoms with Crippen LogP contribution < -0.4 is 29.6 Å². The third kappa shape index (κ3) is 3.18. The molecular weight excluding hydrogens is 215 g/mol. The van der Waals surface area contributed by atoms with Crippen LogP contribution >= 0.6 is 0 Å². The van der Waals surface area contributed by atoms with E-state index in [0.717, 1.165) is 6.42 Å². The Morgan fingerprint density at radius 3 is 2.07 bits per heavy atom. The molecule has 0 bridgehead atoms. The standard InChI is InChI=1S/C8H16O4S.Na/c1-7(2)4-3-5-8(9,6-7)13(10,11)12;/h9H,3-6H2,1-2H3,(H,10,11,12);/q;+1/p-1. The average Bonchev–Trinajstić information content (AvgIpc) is 1.80. The maximum Gasteiger partial charge on any atom is 1.00 e. The van der Waals surface area contributed by atoms with Gasteiger partial charge in [-0.2, -0.15) is 0 Å². The number of aliphatic hydroxyl groups is 1. The first-order chi connectivity index (χ1) is 5.66.